The Morgan fingerprint density at radius 1 is 1.19 bits per heavy atom. The van der Waals surface area contributed by atoms with Gasteiger partial charge < -0.3 is 9.64 Å². The second kappa shape index (κ2) is 8.38. The van der Waals surface area contributed by atoms with Gasteiger partial charge in [-0.15, -0.1) is 11.3 Å². The number of rotatable bonds is 4. The summed E-state index contributed by atoms with van der Waals surface area (Å²) in [5.41, 5.74) is 3.32. The lowest BCUT2D eigenvalue weighted by Crippen LogP contribution is -2.38. The van der Waals surface area contributed by atoms with E-state index in [4.69, 9.17) is 4.74 Å². The molecule has 3 heterocycles. The third kappa shape index (κ3) is 3.94. The fraction of sp³-hybridized carbons (Fsp3) is 0.280. The number of aromatic nitrogens is 1. The molecule has 1 saturated heterocycles. The standard InChI is InChI=1S/C25H25N3O2S/c1-27(2)25(29)24-23(19-7-3-4-8-22(19)31-24)21-16-28(12-13-30-21)15-17-9-10-20-18(14-17)6-5-11-26-20/h3-11,14,21H,12-13,15-16H2,1-2H3/t21-/m1/s1. The maximum atomic E-state index is 12.9. The number of ether oxygens (including phenoxy) is 1. The number of carbonyl (C=O) groups excluding carboxylic acids is 1. The molecule has 0 N–H and O–H groups in total. The molecule has 0 spiro atoms. The molecule has 2 aromatic heterocycles. The van der Waals surface area contributed by atoms with Gasteiger partial charge in [0, 0.05) is 55.6 Å². The molecule has 1 atom stereocenters. The van der Waals surface area contributed by atoms with Crippen LogP contribution in [0.1, 0.15) is 26.9 Å². The van der Waals surface area contributed by atoms with Gasteiger partial charge >= 0.3 is 0 Å². The molecule has 0 unspecified atom stereocenters. The van der Waals surface area contributed by atoms with E-state index >= 15 is 0 Å². The van der Waals surface area contributed by atoms with Gasteiger partial charge in [0.05, 0.1) is 23.1 Å². The molecule has 5 nitrogen and oxygen atoms in total. The van der Waals surface area contributed by atoms with Gasteiger partial charge in [-0.05, 0) is 35.2 Å². The number of nitrogens with zero attached hydrogens (tertiary/aromatic N) is 3. The van der Waals surface area contributed by atoms with Crippen molar-refractivity contribution in [1.82, 2.24) is 14.8 Å². The number of morpholine rings is 1. The summed E-state index contributed by atoms with van der Waals surface area (Å²) in [6.07, 6.45) is 1.71. The topological polar surface area (TPSA) is 45.7 Å². The van der Waals surface area contributed by atoms with Crippen molar-refractivity contribution in [2.24, 2.45) is 0 Å². The van der Waals surface area contributed by atoms with Crippen LogP contribution in [0.15, 0.2) is 60.8 Å². The summed E-state index contributed by atoms with van der Waals surface area (Å²) in [5.74, 6) is 0.0407. The summed E-state index contributed by atoms with van der Waals surface area (Å²) in [7, 11) is 3.61. The van der Waals surface area contributed by atoms with Crippen molar-refractivity contribution in [2.75, 3.05) is 33.8 Å². The van der Waals surface area contributed by atoms with Crippen LogP contribution in [0.2, 0.25) is 0 Å². The Hall–Kier alpha value is -2.80. The van der Waals surface area contributed by atoms with E-state index in [2.05, 4.69) is 46.3 Å². The SMILES string of the molecule is CN(C)C(=O)c1sc2ccccc2c1[C@H]1CN(Cc2ccc3ncccc3c2)CCO1. The Kier molecular flexibility index (Phi) is 5.44. The van der Waals surface area contributed by atoms with Gasteiger partial charge in [0.1, 0.15) is 0 Å². The Balaban J connectivity index is 1.44. The highest BCUT2D eigenvalue weighted by Gasteiger charge is 2.30. The molecular weight excluding hydrogens is 406 g/mol. The van der Waals surface area contributed by atoms with Crippen molar-refractivity contribution in [3.8, 4) is 0 Å². The predicted octanol–water partition coefficient (Wildman–Crippen LogP) is 4.72. The lowest BCUT2D eigenvalue weighted by Gasteiger charge is -2.33. The summed E-state index contributed by atoms with van der Waals surface area (Å²) in [5, 5.41) is 2.29. The van der Waals surface area contributed by atoms with Crippen LogP contribution in [0, 0.1) is 0 Å². The molecule has 5 rings (SSSR count). The van der Waals surface area contributed by atoms with Gasteiger partial charge in [0.15, 0.2) is 0 Å². The molecule has 158 valence electrons. The zero-order valence-corrected chi connectivity index (χ0v) is 18.6. The first kappa shape index (κ1) is 20.1. The van der Waals surface area contributed by atoms with E-state index in [1.807, 2.05) is 24.4 Å². The number of thiophene rings is 1. The maximum Gasteiger partial charge on any atom is 0.263 e. The molecule has 1 amide bonds. The quantitative estimate of drug-likeness (QED) is 0.469. The average molecular weight is 432 g/mol. The van der Waals surface area contributed by atoms with E-state index < -0.39 is 0 Å². The van der Waals surface area contributed by atoms with Crippen LogP contribution in [-0.4, -0.2) is 54.5 Å². The first-order valence-corrected chi connectivity index (χ1v) is 11.3. The number of amides is 1. The second-order valence-corrected chi connectivity index (χ2v) is 9.22. The largest absolute Gasteiger partial charge is 0.371 e. The molecule has 1 fully saturated rings. The maximum absolute atomic E-state index is 12.9. The molecule has 2 aromatic carbocycles. The van der Waals surface area contributed by atoms with Crippen molar-refractivity contribution >= 4 is 38.2 Å². The molecule has 4 aromatic rings. The predicted molar refractivity (Wildman–Crippen MR) is 126 cm³/mol. The zero-order chi connectivity index (χ0) is 21.4. The monoisotopic (exact) mass is 431 g/mol. The van der Waals surface area contributed by atoms with Gasteiger partial charge in [-0.1, -0.05) is 30.3 Å². The fourth-order valence-electron chi connectivity index (χ4n) is 4.25. The van der Waals surface area contributed by atoms with E-state index in [0.29, 0.717) is 6.61 Å². The molecule has 0 bridgehead atoms. The van der Waals surface area contributed by atoms with Gasteiger partial charge in [0.25, 0.3) is 5.91 Å². The van der Waals surface area contributed by atoms with Crippen LogP contribution >= 0.6 is 11.3 Å². The third-order valence-electron chi connectivity index (χ3n) is 5.78. The van der Waals surface area contributed by atoms with Crippen LogP contribution < -0.4 is 0 Å². The van der Waals surface area contributed by atoms with E-state index in [0.717, 1.165) is 51.1 Å². The van der Waals surface area contributed by atoms with Gasteiger partial charge in [-0.25, -0.2) is 0 Å². The Morgan fingerprint density at radius 3 is 2.94 bits per heavy atom. The Morgan fingerprint density at radius 2 is 2.06 bits per heavy atom. The summed E-state index contributed by atoms with van der Waals surface area (Å²) >= 11 is 1.56. The van der Waals surface area contributed by atoms with Crippen molar-refractivity contribution in [3.63, 3.8) is 0 Å². The van der Waals surface area contributed by atoms with Crippen molar-refractivity contribution in [2.45, 2.75) is 12.6 Å². The van der Waals surface area contributed by atoms with Gasteiger partial charge in [-0.3, -0.25) is 14.7 Å². The van der Waals surface area contributed by atoms with E-state index in [1.54, 1.807) is 30.3 Å². The highest BCUT2D eigenvalue weighted by atomic mass is 32.1. The number of carbonyl (C=O) groups is 1. The van der Waals surface area contributed by atoms with E-state index in [9.17, 15) is 4.79 Å². The van der Waals surface area contributed by atoms with Crippen LogP contribution in [0.5, 0.6) is 0 Å². The third-order valence-corrected chi connectivity index (χ3v) is 6.96. The minimum absolute atomic E-state index is 0.0407. The average Bonchev–Trinajstić information content (AvgIpc) is 3.18. The van der Waals surface area contributed by atoms with E-state index in [-0.39, 0.29) is 12.0 Å². The normalized spacial score (nSPS) is 17.3. The first-order valence-electron chi connectivity index (χ1n) is 10.5. The zero-order valence-electron chi connectivity index (χ0n) is 17.7. The van der Waals surface area contributed by atoms with Crippen LogP contribution in [0.3, 0.4) is 0 Å². The van der Waals surface area contributed by atoms with Gasteiger partial charge in [0.2, 0.25) is 0 Å². The lowest BCUT2D eigenvalue weighted by molar-refractivity contribution is -0.0323. The number of hydrogen-bond acceptors (Lipinski definition) is 5. The first-order chi connectivity index (χ1) is 15.1. The highest BCUT2D eigenvalue weighted by molar-refractivity contribution is 7.21. The summed E-state index contributed by atoms with van der Waals surface area (Å²) < 4.78 is 7.35. The molecule has 1 aliphatic rings. The smallest absolute Gasteiger partial charge is 0.263 e. The number of hydrogen-bond donors (Lipinski definition) is 0. The Labute approximate surface area is 185 Å². The number of pyridine rings is 1. The molecular formula is C25H25N3O2S. The second-order valence-electron chi connectivity index (χ2n) is 8.17. The molecule has 0 saturated carbocycles. The van der Waals surface area contributed by atoms with Crippen molar-refractivity contribution in [3.05, 3.63) is 76.8 Å². The van der Waals surface area contributed by atoms with Crippen molar-refractivity contribution < 1.29 is 9.53 Å². The molecule has 0 aliphatic carbocycles. The Bertz CT molecular complexity index is 1250. The van der Waals surface area contributed by atoms with Crippen LogP contribution in [-0.2, 0) is 11.3 Å². The number of fused-ring (bicyclic) bond motifs is 2. The minimum Gasteiger partial charge on any atom is -0.371 e. The van der Waals surface area contributed by atoms with Crippen LogP contribution in [0.25, 0.3) is 21.0 Å². The molecule has 0 radical (unpaired) electrons. The van der Waals surface area contributed by atoms with Crippen LogP contribution in [0.4, 0.5) is 0 Å². The molecule has 31 heavy (non-hydrogen) atoms. The highest BCUT2D eigenvalue weighted by Crippen LogP contribution is 2.38. The summed E-state index contributed by atoms with van der Waals surface area (Å²) in [4.78, 5) is 22.2. The van der Waals surface area contributed by atoms with E-state index in [1.165, 1.54) is 5.56 Å². The molecule has 1 aliphatic heterocycles. The molecule has 6 heteroatoms. The van der Waals surface area contributed by atoms with Gasteiger partial charge in [-0.2, -0.15) is 0 Å². The van der Waals surface area contributed by atoms with Crippen molar-refractivity contribution in [1.29, 1.82) is 0 Å². The fourth-order valence-corrected chi connectivity index (χ4v) is 5.53. The minimum atomic E-state index is -0.120. The summed E-state index contributed by atoms with van der Waals surface area (Å²) in [6, 6.07) is 18.8. The number of benzene rings is 2. The summed E-state index contributed by atoms with van der Waals surface area (Å²) in [6.45, 7) is 3.14. The lowest BCUT2D eigenvalue weighted by atomic mass is 10.0.